The van der Waals surface area contributed by atoms with Gasteiger partial charge in [0.15, 0.2) is 0 Å². The number of hydrogen-bond acceptors (Lipinski definition) is 3. The lowest BCUT2D eigenvalue weighted by atomic mass is 10.2. The Kier molecular flexibility index (Phi) is 5.08. The van der Waals surface area contributed by atoms with Crippen LogP contribution in [0.5, 0.6) is 0 Å². The molecule has 0 spiro atoms. The molecule has 1 aliphatic carbocycles. The van der Waals surface area contributed by atoms with Crippen molar-refractivity contribution in [3.05, 3.63) is 23.4 Å². The molecule has 94 valence electrons. The van der Waals surface area contributed by atoms with E-state index in [4.69, 9.17) is 16.3 Å². The van der Waals surface area contributed by atoms with Crippen molar-refractivity contribution in [2.75, 3.05) is 31.0 Å². The molecule has 0 saturated heterocycles. The molecule has 1 aromatic rings. The molecule has 2 rings (SSSR count). The van der Waals surface area contributed by atoms with Gasteiger partial charge in [0.05, 0.1) is 6.61 Å². The minimum Gasteiger partial charge on any atom is -0.380 e. The number of aryl methyl sites for hydroxylation is 2. The maximum atomic E-state index is 5.51. The summed E-state index contributed by atoms with van der Waals surface area (Å²) >= 11 is 5.51. The second-order valence-electron chi connectivity index (χ2n) is 4.24. The number of alkyl halides is 1. The van der Waals surface area contributed by atoms with Gasteiger partial charge in [-0.15, -0.1) is 11.6 Å². The summed E-state index contributed by atoms with van der Waals surface area (Å²) in [7, 11) is 0. The van der Waals surface area contributed by atoms with Gasteiger partial charge in [-0.25, -0.2) is 4.98 Å². The topological polar surface area (TPSA) is 34.1 Å². The van der Waals surface area contributed by atoms with E-state index in [0.29, 0.717) is 12.5 Å². The molecule has 0 amide bonds. The summed E-state index contributed by atoms with van der Waals surface area (Å²) in [6.07, 6.45) is 4.55. The minimum absolute atomic E-state index is 0.569. The second kappa shape index (κ2) is 6.82. The standard InChI is InChI=1S/C13H19ClN2O/c14-7-10-17-9-2-8-15-13-6-5-11-3-1-4-12(11)16-13/h5-6H,1-4,7-10H2,(H,15,16). The Hall–Kier alpha value is -0.800. The Bertz CT molecular complexity index is 357. The molecule has 0 bridgehead atoms. The van der Waals surface area contributed by atoms with Crippen LogP contribution in [0.4, 0.5) is 5.82 Å². The molecule has 0 atom stereocenters. The number of ether oxygens (including phenoxy) is 1. The third kappa shape index (κ3) is 3.86. The third-order valence-electron chi connectivity index (χ3n) is 2.92. The molecule has 1 N–H and O–H groups in total. The van der Waals surface area contributed by atoms with Crippen LogP contribution in [-0.2, 0) is 17.6 Å². The van der Waals surface area contributed by atoms with Gasteiger partial charge in [0.25, 0.3) is 0 Å². The van der Waals surface area contributed by atoms with Gasteiger partial charge in [-0.3, -0.25) is 0 Å². The van der Waals surface area contributed by atoms with Gasteiger partial charge >= 0.3 is 0 Å². The van der Waals surface area contributed by atoms with E-state index in [9.17, 15) is 0 Å². The van der Waals surface area contributed by atoms with Crippen molar-refractivity contribution in [2.45, 2.75) is 25.7 Å². The molecular weight excluding hydrogens is 236 g/mol. The number of nitrogens with zero attached hydrogens (tertiary/aromatic N) is 1. The summed E-state index contributed by atoms with van der Waals surface area (Å²) in [6, 6.07) is 4.27. The largest absolute Gasteiger partial charge is 0.380 e. The van der Waals surface area contributed by atoms with Crippen LogP contribution in [0.3, 0.4) is 0 Å². The Morgan fingerprint density at radius 3 is 3.12 bits per heavy atom. The average molecular weight is 255 g/mol. The van der Waals surface area contributed by atoms with E-state index in [1.165, 1.54) is 24.1 Å². The molecule has 3 nitrogen and oxygen atoms in total. The summed E-state index contributed by atoms with van der Waals surface area (Å²) in [6.45, 7) is 2.29. The lowest BCUT2D eigenvalue weighted by Crippen LogP contribution is -2.08. The normalized spacial score (nSPS) is 13.7. The molecular formula is C13H19ClN2O. The van der Waals surface area contributed by atoms with Crippen molar-refractivity contribution < 1.29 is 4.74 Å². The fourth-order valence-electron chi connectivity index (χ4n) is 2.07. The van der Waals surface area contributed by atoms with Gasteiger partial charge in [-0.05, 0) is 37.3 Å². The SMILES string of the molecule is ClCCOCCCNc1ccc2c(n1)CCC2. The first kappa shape index (κ1) is 12.7. The highest BCUT2D eigenvalue weighted by Crippen LogP contribution is 2.21. The molecule has 0 saturated carbocycles. The molecule has 17 heavy (non-hydrogen) atoms. The third-order valence-corrected chi connectivity index (χ3v) is 3.08. The maximum Gasteiger partial charge on any atom is 0.126 e. The van der Waals surface area contributed by atoms with E-state index < -0.39 is 0 Å². The lowest BCUT2D eigenvalue weighted by molar-refractivity contribution is 0.149. The molecule has 4 heteroatoms. The van der Waals surface area contributed by atoms with Crippen LogP contribution >= 0.6 is 11.6 Å². The van der Waals surface area contributed by atoms with Gasteiger partial charge in [-0.1, -0.05) is 6.07 Å². The van der Waals surface area contributed by atoms with Gasteiger partial charge in [0, 0.05) is 24.7 Å². The quantitative estimate of drug-likeness (QED) is 0.600. The molecule has 0 radical (unpaired) electrons. The van der Waals surface area contributed by atoms with Gasteiger partial charge in [0.1, 0.15) is 5.82 Å². The second-order valence-corrected chi connectivity index (χ2v) is 4.62. The maximum absolute atomic E-state index is 5.51. The average Bonchev–Trinajstić information content (AvgIpc) is 2.81. The number of hydrogen-bond donors (Lipinski definition) is 1. The van der Waals surface area contributed by atoms with Crippen molar-refractivity contribution in [1.29, 1.82) is 0 Å². The number of anilines is 1. The Morgan fingerprint density at radius 1 is 1.29 bits per heavy atom. The monoisotopic (exact) mass is 254 g/mol. The fourth-order valence-corrected chi connectivity index (χ4v) is 2.18. The Labute approximate surface area is 108 Å². The number of aromatic nitrogens is 1. The van der Waals surface area contributed by atoms with E-state index >= 15 is 0 Å². The van der Waals surface area contributed by atoms with E-state index in [-0.39, 0.29) is 0 Å². The minimum atomic E-state index is 0.569. The highest BCUT2D eigenvalue weighted by atomic mass is 35.5. The van der Waals surface area contributed by atoms with Crippen LogP contribution in [-0.4, -0.2) is 30.6 Å². The number of fused-ring (bicyclic) bond motifs is 1. The van der Waals surface area contributed by atoms with Crippen molar-refractivity contribution in [2.24, 2.45) is 0 Å². The highest BCUT2D eigenvalue weighted by molar-refractivity contribution is 6.17. The fraction of sp³-hybridized carbons (Fsp3) is 0.615. The zero-order chi connectivity index (χ0) is 11.9. The summed E-state index contributed by atoms with van der Waals surface area (Å²) < 4.78 is 5.30. The van der Waals surface area contributed by atoms with E-state index in [1.54, 1.807) is 0 Å². The van der Waals surface area contributed by atoms with Crippen LogP contribution in [0.15, 0.2) is 12.1 Å². The molecule has 0 fully saturated rings. The van der Waals surface area contributed by atoms with Crippen LogP contribution in [0.25, 0.3) is 0 Å². The van der Waals surface area contributed by atoms with Gasteiger partial charge in [0.2, 0.25) is 0 Å². The van der Waals surface area contributed by atoms with Crippen molar-refractivity contribution in [3.63, 3.8) is 0 Å². The number of nitrogens with one attached hydrogen (secondary N) is 1. The van der Waals surface area contributed by atoms with Crippen molar-refractivity contribution >= 4 is 17.4 Å². The van der Waals surface area contributed by atoms with Crippen LogP contribution in [0, 0.1) is 0 Å². The number of pyridine rings is 1. The van der Waals surface area contributed by atoms with Gasteiger partial charge < -0.3 is 10.1 Å². The summed E-state index contributed by atoms with van der Waals surface area (Å²) in [5, 5.41) is 3.33. The Morgan fingerprint density at radius 2 is 2.24 bits per heavy atom. The smallest absolute Gasteiger partial charge is 0.126 e. The molecule has 0 aromatic carbocycles. The summed E-state index contributed by atoms with van der Waals surface area (Å²) in [5.74, 6) is 1.56. The van der Waals surface area contributed by atoms with Crippen molar-refractivity contribution in [3.8, 4) is 0 Å². The first-order valence-electron chi connectivity index (χ1n) is 6.26. The highest BCUT2D eigenvalue weighted by Gasteiger charge is 2.11. The van der Waals surface area contributed by atoms with Crippen LogP contribution in [0.2, 0.25) is 0 Å². The van der Waals surface area contributed by atoms with E-state index in [1.807, 2.05) is 0 Å². The Balaban J connectivity index is 1.69. The molecule has 0 aliphatic heterocycles. The number of rotatable bonds is 7. The first-order valence-corrected chi connectivity index (χ1v) is 6.80. The molecule has 1 aliphatic rings. The predicted octanol–water partition coefficient (Wildman–Crippen LogP) is 2.63. The summed E-state index contributed by atoms with van der Waals surface area (Å²) in [4.78, 5) is 4.61. The number of halogens is 1. The van der Waals surface area contributed by atoms with Gasteiger partial charge in [-0.2, -0.15) is 0 Å². The van der Waals surface area contributed by atoms with E-state index in [2.05, 4.69) is 22.4 Å². The zero-order valence-corrected chi connectivity index (χ0v) is 10.8. The van der Waals surface area contributed by atoms with Crippen LogP contribution < -0.4 is 5.32 Å². The predicted molar refractivity (Wildman–Crippen MR) is 70.9 cm³/mol. The first-order chi connectivity index (χ1) is 8.40. The lowest BCUT2D eigenvalue weighted by Gasteiger charge is -2.07. The zero-order valence-electron chi connectivity index (χ0n) is 10.0. The molecule has 1 heterocycles. The van der Waals surface area contributed by atoms with Crippen LogP contribution in [0.1, 0.15) is 24.1 Å². The van der Waals surface area contributed by atoms with Crippen molar-refractivity contribution in [1.82, 2.24) is 4.98 Å². The van der Waals surface area contributed by atoms with E-state index in [0.717, 1.165) is 31.8 Å². The molecule has 1 aromatic heterocycles. The summed E-state index contributed by atoms with van der Waals surface area (Å²) in [5.41, 5.74) is 2.69. The molecule has 0 unspecified atom stereocenters.